The van der Waals surface area contributed by atoms with E-state index in [0.717, 1.165) is 30.4 Å². The molecule has 0 spiro atoms. The molecule has 2 heterocycles. The van der Waals surface area contributed by atoms with E-state index >= 15 is 0 Å². The Hall–Kier alpha value is -3.40. The number of hydrogen-bond acceptors (Lipinski definition) is 5. The normalized spacial score (nSPS) is 17.0. The molecule has 4 rings (SSSR count). The summed E-state index contributed by atoms with van der Waals surface area (Å²) in [7, 11) is 0. The number of pyridine rings is 1. The number of fused-ring (bicyclic) bond motifs is 1. The summed E-state index contributed by atoms with van der Waals surface area (Å²) in [5.74, 6) is 5.02. The average molecular weight is 446 g/mol. The summed E-state index contributed by atoms with van der Waals surface area (Å²) in [4.78, 5) is 8.57. The van der Waals surface area contributed by atoms with Crippen molar-refractivity contribution >= 4 is 5.70 Å². The van der Waals surface area contributed by atoms with Gasteiger partial charge in [0.15, 0.2) is 5.70 Å². The Labute approximate surface area is 181 Å². The summed E-state index contributed by atoms with van der Waals surface area (Å²) in [6.45, 7) is 0.655. The highest BCUT2D eigenvalue weighted by atomic mass is 19.4. The predicted octanol–water partition coefficient (Wildman–Crippen LogP) is 3.86. The van der Waals surface area contributed by atoms with Crippen LogP contribution in [0.3, 0.4) is 0 Å². The third-order valence-corrected chi connectivity index (χ3v) is 5.64. The van der Waals surface area contributed by atoms with E-state index < -0.39 is 17.6 Å². The number of nitrogens with zero attached hydrogens (tertiary/aromatic N) is 3. The maximum absolute atomic E-state index is 13.6. The van der Waals surface area contributed by atoms with E-state index in [4.69, 9.17) is 11.6 Å². The fourth-order valence-electron chi connectivity index (χ4n) is 4.11. The summed E-state index contributed by atoms with van der Waals surface area (Å²) in [6, 6.07) is 7.73. The van der Waals surface area contributed by atoms with E-state index in [9.17, 15) is 17.6 Å². The van der Waals surface area contributed by atoms with Gasteiger partial charge in [-0.2, -0.15) is 13.2 Å². The van der Waals surface area contributed by atoms with E-state index in [-0.39, 0.29) is 17.3 Å². The number of benzene rings is 1. The Kier molecular flexibility index (Phi) is 5.88. The quantitative estimate of drug-likeness (QED) is 0.314. The van der Waals surface area contributed by atoms with E-state index in [1.807, 2.05) is 10.6 Å². The molecular weight excluding hydrogens is 424 g/mol. The van der Waals surface area contributed by atoms with Gasteiger partial charge in [0.2, 0.25) is 0 Å². The number of aryl methyl sites for hydroxylation is 1. The third kappa shape index (κ3) is 4.45. The highest BCUT2D eigenvalue weighted by Gasteiger charge is 2.36. The number of nitrogens with one attached hydrogen (secondary N) is 1. The second kappa shape index (κ2) is 8.62. The molecule has 0 fully saturated rings. The Morgan fingerprint density at radius 1 is 1.16 bits per heavy atom. The van der Waals surface area contributed by atoms with Crippen LogP contribution in [0, 0.1) is 5.82 Å². The molecule has 1 unspecified atom stereocenters. The molecule has 0 saturated carbocycles. The Bertz CT molecular complexity index is 1150. The molecule has 10 heteroatoms. The van der Waals surface area contributed by atoms with Crippen molar-refractivity contribution in [3.05, 3.63) is 77.3 Å². The molecule has 32 heavy (non-hydrogen) atoms. The molecule has 2 aromatic heterocycles. The lowest BCUT2D eigenvalue weighted by Gasteiger charge is -2.25. The smallest absolute Gasteiger partial charge is 0.397 e. The molecule has 1 aliphatic rings. The van der Waals surface area contributed by atoms with Crippen LogP contribution in [0.4, 0.5) is 17.6 Å². The largest absolute Gasteiger partial charge is 0.434 e. The lowest BCUT2D eigenvalue weighted by atomic mass is 9.82. The molecule has 1 aliphatic carbocycles. The Balaban J connectivity index is 1.58. The summed E-state index contributed by atoms with van der Waals surface area (Å²) >= 11 is 0. The van der Waals surface area contributed by atoms with Gasteiger partial charge in [0, 0.05) is 30.4 Å². The number of rotatable bonds is 5. The van der Waals surface area contributed by atoms with Gasteiger partial charge in [0.1, 0.15) is 11.5 Å². The summed E-state index contributed by atoms with van der Waals surface area (Å²) in [5.41, 5.74) is 8.75. The number of aromatic nitrogens is 3. The lowest BCUT2D eigenvalue weighted by Crippen LogP contribution is -2.34. The van der Waals surface area contributed by atoms with E-state index in [1.165, 1.54) is 24.4 Å². The van der Waals surface area contributed by atoms with Gasteiger partial charge in [-0.1, -0.05) is 6.07 Å². The maximum atomic E-state index is 13.6. The maximum Gasteiger partial charge on any atom is 0.434 e. The molecule has 5 N–H and O–H groups in total. The van der Waals surface area contributed by atoms with Gasteiger partial charge in [0.25, 0.3) is 0 Å². The molecule has 168 valence electrons. The summed E-state index contributed by atoms with van der Waals surface area (Å²) in [5, 5.41) is 0. The Morgan fingerprint density at radius 3 is 2.72 bits per heavy atom. The van der Waals surface area contributed by atoms with Gasteiger partial charge in [-0.05, 0) is 54.7 Å². The minimum atomic E-state index is -4.72. The topological polar surface area (TPSA) is 94.8 Å². The number of allylic oxidation sites excluding steroid dienone is 1. The van der Waals surface area contributed by atoms with Crippen molar-refractivity contribution in [2.45, 2.75) is 37.9 Å². The highest BCUT2D eigenvalue weighted by Crippen LogP contribution is 2.34. The third-order valence-electron chi connectivity index (χ3n) is 5.64. The van der Waals surface area contributed by atoms with Crippen molar-refractivity contribution in [1.82, 2.24) is 20.0 Å². The molecule has 0 saturated heterocycles. The molecule has 1 aromatic carbocycles. The Morgan fingerprint density at radius 2 is 1.97 bits per heavy atom. The van der Waals surface area contributed by atoms with Gasteiger partial charge in [0.05, 0.1) is 17.7 Å². The first-order valence-electron chi connectivity index (χ1n) is 10.1. The van der Waals surface area contributed by atoms with Crippen LogP contribution in [-0.4, -0.2) is 20.7 Å². The van der Waals surface area contributed by atoms with Crippen LogP contribution in [0.2, 0.25) is 0 Å². The molecule has 0 amide bonds. The van der Waals surface area contributed by atoms with Crippen molar-refractivity contribution in [3.63, 3.8) is 0 Å². The molecule has 1 atom stereocenters. The molecule has 0 aliphatic heterocycles. The number of imidazole rings is 1. The lowest BCUT2D eigenvalue weighted by molar-refractivity contribution is -0.0961. The standard InChI is InChI=1S/C22H22F4N6/c23-16-4-5-17-13(8-16)2-1-3-15(17)10-32-11-19(30-12-32)18-9-14(6-7-29-18)20(27)21(31-28)22(24,25)26/h4-9,11-12,15,31H,1-3,10,27-28H2/b21-20-. The van der Waals surface area contributed by atoms with E-state index in [1.54, 1.807) is 24.0 Å². The zero-order valence-electron chi connectivity index (χ0n) is 17.0. The van der Waals surface area contributed by atoms with Crippen molar-refractivity contribution < 1.29 is 17.6 Å². The second-order valence-corrected chi connectivity index (χ2v) is 7.75. The highest BCUT2D eigenvalue weighted by molar-refractivity contribution is 5.69. The SMILES string of the molecule is NN/C(=C(\N)c1ccnc(-c2cn(CC3CCCc4cc(F)ccc43)cn2)c1)C(F)(F)F. The first-order valence-corrected chi connectivity index (χ1v) is 10.1. The fraction of sp³-hybridized carbons (Fsp3) is 0.273. The molecule has 0 bridgehead atoms. The van der Waals surface area contributed by atoms with Crippen LogP contribution >= 0.6 is 0 Å². The van der Waals surface area contributed by atoms with Crippen molar-refractivity contribution in [1.29, 1.82) is 0 Å². The second-order valence-electron chi connectivity index (χ2n) is 7.75. The summed E-state index contributed by atoms with van der Waals surface area (Å²) in [6.07, 6.45) is 2.92. The van der Waals surface area contributed by atoms with Gasteiger partial charge in [-0.3, -0.25) is 10.8 Å². The zero-order valence-corrected chi connectivity index (χ0v) is 17.0. The average Bonchev–Trinajstić information content (AvgIpc) is 3.22. The van der Waals surface area contributed by atoms with Crippen molar-refractivity contribution in [2.75, 3.05) is 0 Å². The molecule has 3 aromatic rings. The zero-order chi connectivity index (χ0) is 22.9. The minimum Gasteiger partial charge on any atom is -0.397 e. The van der Waals surface area contributed by atoms with Crippen LogP contribution in [0.5, 0.6) is 0 Å². The van der Waals surface area contributed by atoms with Crippen molar-refractivity contribution in [2.24, 2.45) is 11.6 Å². The van der Waals surface area contributed by atoms with E-state index in [2.05, 4.69) is 9.97 Å². The molecular formula is C22H22F4N6. The van der Waals surface area contributed by atoms with Gasteiger partial charge in [-0.25, -0.2) is 9.37 Å². The number of nitrogens with two attached hydrogens (primary N) is 2. The first-order chi connectivity index (χ1) is 15.3. The molecule has 6 nitrogen and oxygen atoms in total. The first kappa shape index (κ1) is 21.8. The number of halogens is 4. The predicted molar refractivity (Wildman–Crippen MR) is 112 cm³/mol. The van der Waals surface area contributed by atoms with Gasteiger partial charge in [-0.15, -0.1) is 0 Å². The minimum absolute atomic E-state index is 0.123. The number of hydrazine groups is 1. The van der Waals surface area contributed by atoms with E-state index in [0.29, 0.717) is 17.9 Å². The van der Waals surface area contributed by atoms with Crippen molar-refractivity contribution in [3.8, 4) is 11.4 Å². The van der Waals surface area contributed by atoms with Crippen LogP contribution in [0.15, 0.2) is 54.7 Å². The van der Waals surface area contributed by atoms with Gasteiger partial charge >= 0.3 is 6.18 Å². The van der Waals surface area contributed by atoms with Crippen LogP contribution in [-0.2, 0) is 13.0 Å². The summed E-state index contributed by atoms with van der Waals surface area (Å²) < 4.78 is 54.8. The van der Waals surface area contributed by atoms with Crippen LogP contribution in [0.25, 0.3) is 17.1 Å². The molecule has 0 radical (unpaired) electrons. The van der Waals surface area contributed by atoms with Crippen LogP contribution < -0.4 is 17.0 Å². The van der Waals surface area contributed by atoms with Gasteiger partial charge < -0.3 is 15.7 Å². The van der Waals surface area contributed by atoms with Crippen LogP contribution in [0.1, 0.15) is 35.4 Å². The monoisotopic (exact) mass is 446 g/mol. The number of alkyl halides is 3. The fourth-order valence-corrected chi connectivity index (χ4v) is 4.11. The number of hydrogen-bond donors (Lipinski definition) is 3.